The molecule has 2 rings (SSSR count). The van der Waals surface area contributed by atoms with Crippen molar-refractivity contribution in [1.82, 2.24) is 9.55 Å². The number of aromatic hydroxyl groups is 1. The van der Waals surface area contributed by atoms with Crippen LogP contribution in [0.1, 0.15) is 5.82 Å². The maximum absolute atomic E-state index is 11.7. The molecular formula is C10H10N2O2. The zero-order valence-corrected chi connectivity index (χ0v) is 7.98. The zero-order chi connectivity index (χ0) is 10.3. The smallest absolute Gasteiger partial charge is 0.261 e. The number of rotatable bonds is 0. The summed E-state index contributed by atoms with van der Waals surface area (Å²) in [5.74, 6) is 0.744. The second kappa shape index (κ2) is 2.83. The van der Waals surface area contributed by atoms with E-state index < -0.39 is 0 Å². The molecule has 14 heavy (non-hydrogen) atoms. The van der Waals surface area contributed by atoms with Gasteiger partial charge in [0.05, 0.1) is 10.9 Å². The SMILES string of the molecule is Cc1nc2ccc(O)cc2c(=O)n1C. The molecule has 0 unspecified atom stereocenters. The van der Waals surface area contributed by atoms with Crippen molar-refractivity contribution in [2.45, 2.75) is 6.92 Å². The molecule has 0 radical (unpaired) electrons. The van der Waals surface area contributed by atoms with Crippen molar-refractivity contribution in [2.24, 2.45) is 7.05 Å². The summed E-state index contributed by atoms with van der Waals surface area (Å²) in [7, 11) is 1.66. The van der Waals surface area contributed by atoms with Crippen LogP contribution in [0.2, 0.25) is 0 Å². The van der Waals surface area contributed by atoms with Crippen LogP contribution in [0, 0.1) is 6.92 Å². The Morgan fingerprint density at radius 2 is 2.14 bits per heavy atom. The molecule has 0 atom stereocenters. The standard InChI is InChI=1S/C10H10N2O2/c1-6-11-9-4-3-7(13)5-8(9)10(14)12(6)2/h3-5,13H,1-2H3. The van der Waals surface area contributed by atoms with E-state index in [0.29, 0.717) is 16.7 Å². The average Bonchev–Trinajstić information content (AvgIpc) is 2.16. The minimum atomic E-state index is -0.136. The lowest BCUT2D eigenvalue weighted by Gasteiger charge is -2.04. The normalized spacial score (nSPS) is 10.7. The molecule has 0 fully saturated rings. The molecule has 4 nitrogen and oxygen atoms in total. The third kappa shape index (κ3) is 1.16. The van der Waals surface area contributed by atoms with E-state index in [4.69, 9.17) is 0 Å². The van der Waals surface area contributed by atoms with E-state index in [2.05, 4.69) is 4.98 Å². The van der Waals surface area contributed by atoms with Crippen LogP contribution in [0.25, 0.3) is 10.9 Å². The molecule has 0 bridgehead atoms. The minimum absolute atomic E-state index is 0.0836. The fourth-order valence-electron chi connectivity index (χ4n) is 1.37. The summed E-state index contributed by atoms with van der Waals surface area (Å²) in [4.78, 5) is 15.9. The van der Waals surface area contributed by atoms with E-state index in [-0.39, 0.29) is 11.3 Å². The summed E-state index contributed by atoms with van der Waals surface area (Å²) in [6, 6.07) is 4.59. The van der Waals surface area contributed by atoms with Gasteiger partial charge in [-0.2, -0.15) is 0 Å². The van der Waals surface area contributed by atoms with Crippen LogP contribution in [0.15, 0.2) is 23.0 Å². The van der Waals surface area contributed by atoms with Gasteiger partial charge in [0.1, 0.15) is 11.6 Å². The van der Waals surface area contributed by atoms with E-state index in [1.165, 1.54) is 16.7 Å². The van der Waals surface area contributed by atoms with E-state index >= 15 is 0 Å². The monoisotopic (exact) mass is 190 g/mol. The highest BCUT2D eigenvalue weighted by Gasteiger charge is 2.05. The van der Waals surface area contributed by atoms with Crippen molar-refractivity contribution in [1.29, 1.82) is 0 Å². The Morgan fingerprint density at radius 1 is 1.43 bits per heavy atom. The Morgan fingerprint density at radius 3 is 2.86 bits per heavy atom. The molecule has 1 aromatic carbocycles. The van der Waals surface area contributed by atoms with Crippen LogP contribution in [0.5, 0.6) is 5.75 Å². The van der Waals surface area contributed by atoms with Gasteiger partial charge >= 0.3 is 0 Å². The highest BCUT2D eigenvalue weighted by Crippen LogP contribution is 2.14. The summed E-state index contributed by atoms with van der Waals surface area (Å²) in [5.41, 5.74) is 0.479. The Bertz CT molecular complexity index is 558. The molecule has 0 aliphatic heterocycles. The molecule has 1 aromatic heterocycles. The lowest BCUT2D eigenvalue weighted by molar-refractivity contribution is 0.476. The van der Waals surface area contributed by atoms with E-state index in [9.17, 15) is 9.90 Å². The molecule has 1 heterocycles. The van der Waals surface area contributed by atoms with Gasteiger partial charge in [0.25, 0.3) is 5.56 Å². The third-order valence-electron chi connectivity index (χ3n) is 2.28. The first-order chi connectivity index (χ1) is 6.59. The van der Waals surface area contributed by atoms with E-state index in [1.807, 2.05) is 0 Å². The van der Waals surface area contributed by atoms with Crippen LogP contribution < -0.4 is 5.56 Å². The zero-order valence-electron chi connectivity index (χ0n) is 7.98. The van der Waals surface area contributed by atoms with Crippen LogP contribution in [0.4, 0.5) is 0 Å². The molecule has 0 amide bonds. The number of aromatic nitrogens is 2. The average molecular weight is 190 g/mol. The van der Waals surface area contributed by atoms with Crippen molar-refractivity contribution in [3.05, 3.63) is 34.4 Å². The number of phenolic OH excluding ortho intramolecular Hbond substituents is 1. The highest BCUT2D eigenvalue weighted by molar-refractivity contribution is 5.79. The Balaban J connectivity index is 2.99. The Kier molecular flexibility index (Phi) is 1.77. The van der Waals surface area contributed by atoms with E-state index in [0.717, 1.165) is 0 Å². The maximum Gasteiger partial charge on any atom is 0.261 e. The molecule has 0 saturated heterocycles. The number of hydrogen-bond donors (Lipinski definition) is 1. The molecular weight excluding hydrogens is 180 g/mol. The van der Waals surface area contributed by atoms with Crippen LogP contribution in [0.3, 0.4) is 0 Å². The van der Waals surface area contributed by atoms with Crippen molar-refractivity contribution in [3.63, 3.8) is 0 Å². The summed E-state index contributed by atoms with van der Waals surface area (Å²) < 4.78 is 1.46. The lowest BCUT2D eigenvalue weighted by Crippen LogP contribution is -2.20. The number of aryl methyl sites for hydroxylation is 1. The van der Waals surface area contributed by atoms with Gasteiger partial charge in [0, 0.05) is 7.05 Å². The fraction of sp³-hybridized carbons (Fsp3) is 0.200. The van der Waals surface area contributed by atoms with E-state index in [1.54, 1.807) is 20.0 Å². The third-order valence-corrected chi connectivity index (χ3v) is 2.28. The van der Waals surface area contributed by atoms with Gasteiger partial charge in [0.15, 0.2) is 0 Å². The Hall–Kier alpha value is -1.84. The molecule has 2 aromatic rings. The summed E-state index contributed by atoms with van der Waals surface area (Å²) in [5, 5.41) is 9.68. The number of benzene rings is 1. The number of nitrogens with zero attached hydrogens (tertiary/aromatic N) is 2. The van der Waals surface area contributed by atoms with Gasteiger partial charge in [-0.1, -0.05) is 0 Å². The molecule has 0 aliphatic carbocycles. The van der Waals surface area contributed by atoms with Crippen LogP contribution >= 0.6 is 0 Å². The quantitative estimate of drug-likeness (QED) is 0.672. The molecule has 0 spiro atoms. The first-order valence-electron chi connectivity index (χ1n) is 4.26. The number of phenols is 1. The van der Waals surface area contributed by atoms with Gasteiger partial charge in [0.2, 0.25) is 0 Å². The fourth-order valence-corrected chi connectivity index (χ4v) is 1.37. The molecule has 4 heteroatoms. The maximum atomic E-state index is 11.7. The van der Waals surface area contributed by atoms with Crippen molar-refractivity contribution >= 4 is 10.9 Å². The van der Waals surface area contributed by atoms with Crippen molar-refractivity contribution < 1.29 is 5.11 Å². The first-order valence-corrected chi connectivity index (χ1v) is 4.26. The van der Waals surface area contributed by atoms with Gasteiger partial charge in [-0.3, -0.25) is 9.36 Å². The number of fused-ring (bicyclic) bond motifs is 1. The first kappa shape index (κ1) is 8.74. The van der Waals surface area contributed by atoms with Gasteiger partial charge < -0.3 is 5.11 Å². The minimum Gasteiger partial charge on any atom is -0.508 e. The summed E-state index contributed by atoms with van der Waals surface area (Å²) >= 11 is 0. The molecule has 0 saturated carbocycles. The molecule has 72 valence electrons. The highest BCUT2D eigenvalue weighted by atomic mass is 16.3. The van der Waals surface area contributed by atoms with Gasteiger partial charge in [-0.05, 0) is 25.1 Å². The molecule has 1 N–H and O–H groups in total. The largest absolute Gasteiger partial charge is 0.508 e. The van der Waals surface area contributed by atoms with Crippen LogP contribution in [-0.4, -0.2) is 14.7 Å². The Labute approximate surface area is 80.4 Å². The number of hydrogen-bond acceptors (Lipinski definition) is 3. The lowest BCUT2D eigenvalue weighted by atomic mass is 10.2. The topological polar surface area (TPSA) is 55.1 Å². The van der Waals surface area contributed by atoms with Crippen LogP contribution in [-0.2, 0) is 7.05 Å². The second-order valence-electron chi connectivity index (χ2n) is 3.22. The summed E-state index contributed by atoms with van der Waals surface area (Å²) in [6.45, 7) is 1.77. The molecule has 0 aliphatic rings. The van der Waals surface area contributed by atoms with Crippen molar-refractivity contribution in [3.8, 4) is 5.75 Å². The summed E-state index contributed by atoms with van der Waals surface area (Å²) in [6.07, 6.45) is 0. The second-order valence-corrected chi connectivity index (χ2v) is 3.22. The van der Waals surface area contributed by atoms with Gasteiger partial charge in [-0.15, -0.1) is 0 Å². The predicted molar refractivity (Wildman–Crippen MR) is 53.4 cm³/mol. The van der Waals surface area contributed by atoms with Gasteiger partial charge in [-0.25, -0.2) is 4.98 Å². The van der Waals surface area contributed by atoms with Crippen molar-refractivity contribution in [2.75, 3.05) is 0 Å². The predicted octanol–water partition coefficient (Wildman–Crippen LogP) is 0.948.